The van der Waals surface area contributed by atoms with Crippen LogP contribution in [0.5, 0.6) is 0 Å². The fourth-order valence-corrected chi connectivity index (χ4v) is 3.51. The lowest BCUT2D eigenvalue weighted by Gasteiger charge is -2.08. The summed E-state index contributed by atoms with van der Waals surface area (Å²) in [7, 11) is -2.13. The zero-order valence-corrected chi connectivity index (χ0v) is 14.0. The fourth-order valence-electron chi connectivity index (χ4n) is 1.93. The molecule has 0 bridgehead atoms. The first-order chi connectivity index (χ1) is 10.4. The van der Waals surface area contributed by atoms with Crippen LogP contribution in [0.25, 0.3) is 0 Å². The number of sulfonamides is 1. The molecule has 2 aromatic rings. The minimum absolute atomic E-state index is 0.0445. The summed E-state index contributed by atoms with van der Waals surface area (Å²) in [6.07, 6.45) is 2.51. The second-order valence-corrected chi connectivity index (χ2v) is 6.83. The summed E-state index contributed by atoms with van der Waals surface area (Å²) in [5.41, 5.74) is 0.703. The van der Waals surface area contributed by atoms with Gasteiger partial charge in [-0.05, 0) is 25.0 Å². The number of hydrogen-bond acceptors (Lipinski definition) is 4. The van der Waals surface area contributed by atoms with Crippen molar-refractivity contribution in [2.24, 2.45) is 0 Å². The van der Waals surface area contributed by atoms with Gasteiger partial charge in [0, 0.05) is 32.5 Å². The zero-order valence-electron chi connectivity index (χ0n) is 12.4. The van der Waals surface area contributed by atoms with Crippen LogP contribution in [0, 0.1) is 6.92 Å². The number of aryl methyl sites for hydroxylation is 2. The van der Waals surface area contributed by atoms with Gasteiger partial charge in [0.25, 0.3) is 10.0 Å². The number of anilines is 1. The van der Waals surface area contributed by atoms with Gasteiger partial charge in [-0.25, -0.2) is 8.42 Å². The Hall–Kier alpha value is -1.57. The molecule has 0 saturated heterocycles. The van der Waals surface area contributed by atoms with E-state index in [0.29, 0.717) is 18.7 Å². The van der Waals surface area contributed by atoms with E-state index < -0.39 is 10.0 Å². The van der Waals surface area contributed by atoms with Crippen LogP contribution in [0.3, 0.4) is 0 Å². The molecule has 8 heteroatoms. The van der Waals surface area contributed by atoms with E-state index in [1.54, 1.807) is 43.1 Å². The average Bonchev–Trinajstić information content (AvgIpc) is 2.88. The molecule has 1 N–H and O–H groups in total. The van der Waals surface area contributed by atoms with Crippen molar-refractivity contribution in [2.75, 3.05) is 18.4 Å². The lowest BCUT2D eigenvalue weighted by molar-refractivity contribution is 0.189. The highest BCUT2D eigenvalue weighted by Gasteiger charge is 2.19. The second-order valence-electron chi connectivity index (χ2n) is 4.80. The first kappa shape index (κ1) is 16.8. The lowest BCUT2D eigenvalue weighted by Crippen LogP contribution is -2.14. The molecule has 120 valence electrons. The van der Waals surface area contributed by atoms with Crippen molar-refractivity contribution in [3.63, 3.8) is 0 Å². The number of ether oxygens (including phenoxy) is 1. The van der Waals surface area contributed by atoms with Crippen LogP contribution in [0.2, 0.25) is 5.02 Å². The molecule has 0 fully saturated rings. The van der Waals surface area contributed by atoms with Crippen LogP contribution in [0.15, 0.2) is 35.4 Å². The van der Waals surface area contributed by atoms with Crippen LogP contribution < -0.4 is 4.72 Å². The molecule has 1 aromatic carbocycles. The smallest absolute Gasteiger partial charge is 0.264 e. The molecule has 0 spiro atoms. The maximum atomic E-state index is 12.4. The number of benzene rings is 1. The van der Waals surface area contributed by atoms with Gasteiger partial charge >= 0.3 is 0 Å². The standard InChI is InChI=1S/C14H18ClN3O3S/c1-11-5-3-6-12(14(11)15)22(19,20)17-13-7-9-18(16-13)8-4-10-21-2/h3,5-7,9H,4,8,10H2,1-2H3,(H,16,17). The first-order valence-corrected chi connectivity index (χ1v) is 8.60. The fraction of sp³-hybridized carbons (Fsp3) is 0.357. The Morgan fingerprint density at radius 3 is 2.86 bits per heavy atom. The predicted molar refractivity (Wildman–Crippen MR) is 85.7 cm³/mol. The van der Waals surface area contributed by atoms with Gasteiger partial charge in [0.15, 0.2) is 5.82 Å². The minimum atomic E-state index is -3.76. The van der Waals surface area contributed by atoms with Crippen LogP contribution in [-0.2, 0) is 21.3 Å². The molecule has 0 aliphatic heterocycles. The molecule has 1 aromatic heterocycles. The highest BCUT2D eigenvalue weighted by molar-refractivity contribution is 7.92. The van der Waals surface area contributed by atoms with Crippen LogP contribution in [-0.4, -0.2) is 31.9 Å². The molecular weight excluding hydrogens is 326 g/mol. The van der Waals surface area contributed by atoms with Crippen molar-refractivity contribution in [3.05, 3.63) is 41.0 Å². The zero-order chi connectivity index (χ0) is 16.2. The summed E-state index contributed by atoms with van der Waals surface area (Å²) in [6, 6.07) is 6.48. The summed E-state index contributed by atoms with van der Waals surface area (Å²) < 4.78 is 33.8. The largest absolute Gasteiger partial charge is 0.385 e. The normalized spacial score (nSPS) is 11.6. The van der Waals surface area contributed by atoms with Gasteiger partial charge < -0.3 is 4.74 Å². The predicted octanol–water partition coefficient (Wildman–Crippen LogP) is 2.68. The number of halogens is 1. The number of rotatable bonds is 7. The van der Waals surface area contributed by atoms with Crippen LogP contribution >= 0.6 is 11.6 Å². The summed E-state index contributed by atoms with van der Waals surface area (Å²) in [5.74, 6) is 0.259. The van der Waals surface area contributed by atoms with E-state index in [9.17, 15) is 8.42 Å². The third kappa shape index (κ3) is 4.00. The van der Waals surface area contributed by atoms with E-state index in [1.807, 2.05) is 0 Å². The van der Waals surface area contributed by atoms with E-state index in [2.05, 4.69) is 9.82 Å². The van der Waals surface area contributed by atoms with Crippen molar-refractivity contribution in [1.82, 2.24) is 9.78 Å². The Morgan fingerprint density at radius 1 is 1.36 bits per heavy atom. The number of nitrogens with zero attached hydrogens (tertiary/aromatic N) is 2. The molecule has 0 aliphatic carbocycles. The molecule has 0 aliphatic rings. The Kier molecular flexibility index (Phi) is 5.44. The monoisotopic (exact) mass is 343 g/mol. The molecule has 0 unspecified atom stereocenters. The molecule has 0 atom stereocenters. The Labute approximate surface area is 135 Å². The van der Waals surface area contributed by atoms with Gasteiger partial charge in [0.1, 0.15) is 4.90 Å². The molecule has 22 heavy (non-hydrogen) atoms. The third-order valence-corrected chi connectivity index (χ3v) is 5.07. The number of nitrogens with one attached hydrogen (secondary N) is 1. The number of methoxy groups -OCH3 is 1. The number of hydrogen-bond donors (Lipinski definition) is 1. The summed E-state index contributed by atoms with van der Waals surface area (Å²) in [4.78, 5) is 0.0445. The van der Waals surface area contributed by atoms with E-state index in [-0.39, 0.29) is 15.7 Å². The highest BCUT2D eigenvalue weighted by atomic mass is 35.5. The molecule has 6 nitrogen and oxygen atoms in total. The summed E-state index contributed by atoms with van der Waals surface area (Å²) in [6.45, 7) is 3.03. The van der Waals surface area contributed by atoms with Gasteiger partial charge in [-0.15, -0.1) is 0 Å². The average molecular weight is 344 g/mol. The highest BCUT2D eigenvalue weighted by Crippen LogP contribution is 2.26. The topological polar surface area (TPSA) is 73.2 Å². The molecule has 0 radical (unpaired) electrons. The molecular formula is C14H18ClN3O3S. The van der Waals surface area contributed by atoms with Crippen LogP contribution in [0.1, 0.15) is 12.0 Å². The third-order valence-electron chi connectivity index (χ3n) is 3.06. The quantitative estimate of drug-likeness (QED) is 0.784. The molecule has 0 amide bonds. The molecule has 0 saturated carbocycles. The van der Waals surface area contributed by atoms with Gasteiger partial charge in [-0.3, -0.25) is 9.40 Å². The molecule has 1 heterocycles. The van der Waals surface area contributed by atoms with Gasteiger partial charge in [0.2, 0.25) is 0 Å². The van der Waals surface area contributed by atoms with Crippen molar-refractivity contribution in [2.45, 2.75) is 24.8 Å². The second kappa shape index (κ2) is 7.13. The van der Waals surface area contributed by atoms with E-state index in [0.717, 1.165) is 6.42 Å². The first-order valence-electron chi connectivity index (χ1n) is 6.74. The minimum Gasteiger partial charge on any atom is -0.385 e. The summed E-state index contributed by atoms with van der Waals surface area (Å²) >= 11 is 6.07. The Balaban J connectivity index is 2.14. The van der Waals surface area contributed by atoms with Crippen molar-refractivity contribution >= 4 is 27.4 Å². The van der Waals surface area contributed by atoms with E-state index >= 15 is 0 Å². The molecule has 2 rings (SSSR count). The van der Waals surface area contributed by atoms with Crippen molar-refractivity contribution in [3.8, 4) is 0 Å². The maximum Gasteiger partial charge on any atom is 0.264 e. The van der Waals surface area contributed by atoms with Gasteiger partial charge in [-0.1, -0.05) is 23.7 Å². The summed E-state index contributed by atoms with van der Waals surface area (Å²) in [5, 5.41) is 4.39. The van der Waals surface area contributed by atoms with Crippen molar-refractivity contribution < 1.29 is 13.2 Å². The van der Waals surface area contributed by atoms with Crippen molar-refractivity contribution in [1.29, 1.82) is 0 Å². The number of aromatic nitrogens is 2. The van der Waals surface area contributed by atoms with E-state index in [1.165, 1.54) is 6.07 Å². The van der Waals surface area contributed by atoms with Gasteiger partial charge in [-0.2, -0.15) is 5.10 Å². The lowest BCUT2D eigenvalue weighted by atomic mass is 10.2. The SMILES string of the molecule is COCCCn1ccc(NS(=O)(=O)c2cccc(C)c2Cl)n1. The Morgan fingerprint density at radius 2 is 2.14 bits per heavy atom. The van der Waals surface area contributed by atoms with Gasteiger partial charge in [0.05, 0.1) is 5.02 Å². The Bertz CT molecular complexity index is 744. The van der Waals surface area contributed by atoms with E-state index in [4.69, 9.17) is 16.3 Å². The maximum absolute atomic E-state index is 12.4. The van der Waals surface area contributed by atoms with Crippen LogP contribution in [0.4, 0.5) is 5.82 Å².